The molecule has 126 valence electrons. The van der Waals surface area contributed by atoms with Gasteiger partial charge in [0.1, 0.15) is 5.82 Å². The monoisotopic (exact) mass is 347 g/mol. The second-order valence-corrected chi connectivity index (χ2v) is 6.07. The largest absolute Gasteiger partial charge is 0.351 e. The summed E-state index contributed by atoms with van der Waals surface area (Å²) in [6, 6.07) is 12.4. The number of halogens is 1. The number of hydrogen-bond donors (Lipinski definition) is 3. The molecule has 0 aliphatic heterocycles. The predicted octanol–water partition coefficient (Wildman–Crippen LogP) is 2.98. The number of primary amides is 1. The second-order valence-electron chi connectivity index (χ2n) is 4.97. The number of thioether (sulfide) groups is 1. The third-order valence-corrected chi connectivity index (χ3v) is 4.17. The van der Waals surface area contributed by atoms with Gasteiger partial charge in [-0.05, 0) is 35.9 Å². The van der Waals surface area contributed by atoms with Crippen LogP contribution in [-0.4, -0.2) is 24.2 Å². The number of anilines is 1. The van der Waals surface area contributed by atoms with Gasteiger partial charge in [0.15, 0.2) is 0 Å². The Bertz CT molecular complexity index is 707. The summed E-state index contributed by atoms with van der Waals surface area (Å²) in [4.78, 5) is 22.7. The molecule has 7 heteroatoms. The van der Waals surface area contributed by atoms with E-state index in [2.05, 4.69) is 10.6 Å². The molecule has 0 unspecified atom stereocenters. The molecule has 4 N–H and O–H groups in total. The minimum absolute atomic E-state index is 0.202. The van der Waals surface area contributed by atoms with Gasteiger partial charge in [0.25, 0.3) is 5.91 Å². The van der Waals surface area contributed by atoms with Gasteiger partial charge in [0, 0.05) is 29.3 Å². The molecule has 0 bridgehead atoms. The Balaban J connectivity index is 1.71. The van der Waals surface area contributed by atoms with Gasteiger partial charge < -0.3 is 16.4 Å². The van der Waals surface area contributed by atoms with Gasteiger partial charge in [0.2, 0.25) is 0 Å². The Kier molecular flexibility index (Phi) is 6.62. The lowest BCUT2D eigenvalue weighted by molar-refractivity contribution is 0.0956. The van der Waals surface area contributed by atoms with Gasteiger partial charge in [-0.1, -0.05) is 18.2 Å². The van der Waals surface area contributed by atoms with E-state index >= 15 is 0 Å². The maximum atomic E-state index is 13.4. The molecule has 0 spiro atoms. The van der Waals surface area contributed by atoms with Crippen molar-refractivity contribution in [1.82, 2.24) is 5.32 Å². The smallest absolute Gasteiger partial charge is 0.316 e. The first-order valence-corrected chi connectivity index (χ1v) is 8.47. The normalized spacial score (nSPS) is 10.2. The van der Waals surface area contributed by atoms with Crippen LogP contribution in [0, 0.1) is 5.82 Å². The fourth-order valence-electron chi connectivity index (χ4n) is 1.98. The average Bonchev–Trinajstić information content (AvgIpc) is 2.56. The zero-order valence-electron chi connectivity index (χ0n) is 12.9. The van der Waals surface area contributed by atoms with Crippen molar-refractivity contribution < 1.29 is 14.0 Å². The fourth-order valence-corrected chi connectivity index (χ4v) is 2.83. The van der Waals surface area contributed by atoms with E-state index < -0.39 is 6.03 Å². The summed E-state index contributed by atoms with van der Waals surface area (Å²) in [5.74, 6) is 0.836. The number of nitrogens with one attached hydrogen (secondary N) is 2. The lowest BCUT2D eigenvalue weighted by Crippen LogP contribution is -2.25. The molecular weight excluding hydrogens is 329 g/mol. The number of amides is 3. The van der Waals surface area contributed by atoms with E-state index in [1.165, 1.54) is 6.07 Å². The van der Waals surface area contributed by atoms with E-state index in [0.717, 1.165) is 0 Å². The molecule has 2 aromatic rings. The van der Waals surface area contributed by atoms with Crippen LogP contribution in [0.25, 0.3) is 0 Å². The highest BCUT2D eigenvalue weighted by Crippen LogP contribution is 2.15. The third kappa shape index (κ3) is 5.58. The molecular formula is C17H18FN3O2S. The van der Waals surface area contributed by atoms with E-state index in [-0.39, 0.29) is 11.7 Å². The lowest BCUT2D eigenvalue weighted by atomic mass is 10.2. The molecule has 2 aromatic carbocycles. The summed E-state index contributed by atoms with van der Waals surface area (Å²) in [7, 11) is 0. The average molecular weight is 347 g/mol. The van der Waals surface area contributed by atoms with Crippen LogP contribution < -0.4 is 16.4 Å². The number of carbonyl (C=O) groups excluding carboxylic acids is 2. The van der Waals surface area contributed by atoms with Crippen molar-refractivity contribution in [1.29, 1.82) is 0 Å². The highest BCUT2D eigenvalue weighted by atomic mass is 32.2. The predicted molar refractivity (Wildman–Crippen MR) is 94.5 cm³/mol. The summed E-state index contributed by atoms with van der Waals surface area (Å²) in [6.07, 6.45) is 0. The van der Waals surface area contributed by atoms with E-state index in [9.17, 15) is 14.0 Å². The van der Waals surface area contributed by atoms with Crippen LogP contribution in [0.3, 0.4) is 0 Å². The van der Waals surface area contributed by atoms with E-state index in [4.69, 9.17) is 5.73 Å². The van der Waals surface area contributed by atoms with E-state index in [1.807, 2.05) is 0 Å². The summed E-state index contributed by atoms with van der Waals surface area (Å²) in [6.45, 7) is 0.485. The van der Waals surface area contributed by atoms with Crippen LogP contribution in [0.15, 0.2) is 48.5 Å². The summed E-state index contributed by atoms with van der Waals surface area (Å²) < 4.78 is 13.4. The SMILES string of the molecule is NC(=O)Nc1ccc(C(=O)NCCSCc2ccccc2F)cc1. The first kappa shape index (κ1) is 17.8. The first-order chi connectivity index (χ1) is 11.6. The fraction of sp³-hybridized carbons (Fsp3) is 0.176. The summed E-state index contributed by atoms with van der Waals surface area (Å²) in [5, 5.41) is 5.22. The first-order valence-electron chi connectivity index (χ1n) is 7.32. The Morgan fingerprint density at radius 3 is 2.46 bits per heavy atom. The molecule has 0 aliphatic rings. The van der Waals surface area contributed by atoms with Crippen LogP contribution in [-0.2, 0) is 5.75 Å². The zero-order valence-corrected chi connectivity index (χ0v) is 13.7. The van der Waals surface area contributed by atoms with Crippen LogP contribution in [0.4, 0.5) is 14.9 Å². The van der Waals surface area contributed by atoms with Crippen molar-refractivity contribution in [3.8, 4) is 0 Å². The van der Waals surface area contributed by atoms with Crippen molar-refractivity contribution in [2.24, 2.45) is 5.73 Å². The molecule has 24 heavy (non-hydrogen) atoms. The van der Waals surface area contributed by atoms with Crippen molar-refractivity contribution in [3.05, 3.63) is 65.5 Å². The Labute approximate surface area is 143 Å². The van der Waals surface area contributed by atoms with E-state index in [1.54, 1.807) is 54.2 Å². The molecule has 5 nitrogen and oxygen atoms in total. The minimum Gasteiger partial charge on any atom is -0.351 e. The molecule has 0 saturated carbocycles. The second kappa shape index (κ2) is 8.93. The lowest BCUT2D eigenvalue weighted by Gasteiger charge is -2.07. The van der Waals surface area contributed by atoms with Crippen LogP contribution in [0.1, 0.15) is 15.9 Å². The summed E-state index contributed by atoms with van der Waals surface area (Å²) in [5.41, 5.74) is 6.69. The maximum absolute atomic E-state index is 13.4. The van der Waals surface area contributed by atoms with E-state index in [0.29, 0.717) is 34.9 Å². The number of carbonyl (C=O) groups is 2. The standard InChI is InChI=1S/C17H18FN3O2S/c18-15-4-2-1-3-13(15)11-24-10-9-20-16(22)12-5-7-14(8-6-12)21-17(19)23/h1-8H,9-11H2,(H,20,22)(H3,19,21,23). The van der Waals surface area contributed by atoms with Crippen LogP contribution in [0.5, 0.6) is 0 Å². The Morgan fingerprint density at radius 2 is 1.79 bits per heavy atom. The quantitative estimate of drug-likeness (QED) is 0.673. The van der Waals surface area contributed by atoms with Crippen LogP contribution >= 0.6 is 11.8 Å². The number of benzene rings is 2. The van der Waals surface area contributed by atoms with Crippen molar-refractivity contribution in [3.63, 3.8) is 0 Å². The molecule has 0 heterocycles. The molecule has 2 rings (SSSR count). The van der Waals surface area contributed by atoms with Crippen molar-refractivity contribution in [2.75, 3.05) is 17.6 Å². The van der Waals surface area contributed by atoms with Gasteiger partial charge in [-0.2, -0.15) is 11.8 Å². The molecule has 0 aromatic heterocycles. The Morgan fingerprint density at radius 1 is 1.08 bits per heavy atom. The number of nitrogens with two attached hydrogens (primary N) is 1. The van der Waals surface area contributed by atoms with Crippen molar-refractivity contribution in [2.45, 2.75) is 5.75 Å². The molecule has 0 radical (unpaired) electrons. The van der Waals surface area contributed by atoms with Gasteiger partial charge in [-0.15, -0.1) is 0 Å². The molecule has 3 amide bonds. The molecule has 0 fully saturated rings. The number of urea groups is 1. The molecule has 0 atom stereocenters. The highest BCUT2D eigenvalue weighted by molar-refractivity contribution is 7.98. The van der Waals surface area contributed by atoms with Gasteiger partial charge in [0.05, 0.1) is 0 Å². The van der Waals surface area contributed by atoms with Crippen LogP contribution in [0.2, 0.25) is 0 Å². The topological polar surface area (TPSA) is 84.2 Å². The Hall–Kier alpha value is -2.54. The zero-order chi connectivity index (χ0) is 17.4. The third-order valence-electron chi connectivity index (χ3n) is 3.16. The molecule has 0 aliphatic carbocycles. The minimum atomic E-state index is -0.654. The van der Waals surface area contributed by atoms with Crippen molar-refractivity contribution >= 4 is 29.4 Å². The number of hydrogen-bond acceptors (Lipinski definition) is 3. The van der Waals surface area contributed by atoms with Gasteiger partial charge in [-0.25, -0.2) is 9.18 Å². The molecule has 0 saturated heterocycles. The highest BCUT2D eigenvalue weighted by Gasteiger charge is 2.06. The maximum Gasteiger partial charge on any atom is 0.316 e. The summed E-state index contributed by atoms with van der Waals surface area (Å²) >= 11 is 1.55. The van der Waals surface area contributed by atoms with Gasteiger partial charge in [-0.3, -0.25) is 4.79 Å². The van der Waals surface area contributed by atoms with Gasteiger partial charge >= 0.3 is 6.03 Å². The number of rotatable bonds is 7.